The van der Waals surface area contributed by atoms with E-state index < -0.39 is 23.8 Å². The van der Waals surface area contributed by atoms with Gasteiger partial charge in [0.05, 0.1) is 16.6 Å². The Hall–Kier alpha value is -2.29. The van der Waals surface area contributed by atoms with Gasteiger partial charge in [0, 0.05) is 24.2 Å². The number of nitrogens with one attached hydrogen (secondary N) is 1. The molecule has 38 heavy (non-hydrogen) atoms. The van der Waals surface area contributed by atoms with Crippen molar-refractivity contribution < 1.29 is 14.6 Å². The molecule has 0 saturated carbocycles. The van der Waals surface area contributed by atoms with Gasteiger partial charge in [-0.15, -0.1) is 0 Å². The maximum atomic E-state index is 13.9. The van der Waals surface area contributed by atoms with Crippen LogP contribution in [0.3, 0.4) is 0 Å². The molecule has 1 amide bonds. The van der Waals surface area contributed by atoms with Gasteiger partial charge in [-0.2, -0.15) is 0 Å². The van der Waals surface area contributed by atoms with Crippen molar-refractivity contribution >= 4 is 16.9 Å². The monoisotopic (exact) mass is 524 g/mol. The van der Waals surface area contributed by atoms with Gasteiger partial charge in [0.1, 0.15) is 6.10 Å². The standard InChI is InChI=1S/C30H44N4O4/c1-5-7-8-12-19(11-6-2)33-20-15-16-21(33)18-22(17-20)34-24-14-10-9-13-23(24)31-25(28(34)36)27(35)32-30(3,4)26-29(37)38-26/h9-10,13-14,19-22,26,29,37H,5-8,11-12,15-18H2,1-4H3,(H,32,35)/t19?,20-,21+,22+,26?,29?. The summed E-state index contributed by atoms with van der Waals surface area (Å²) in [5.74, 6) is -0.526. The summed E-state index contributed by atoms with van der Waals surface area (Å²) in [5, 5.41) is 12.6. The van der Waals surface area contributed by atoms with E-state index in [1.165, 1.54) is 51.4 Å². The normalized spacial score (nSPS) is 28.0. The van der Waals surface area contributed by atoms with Crippen LogP contribution < -0.4 is 10.9 Å². The summed E-state index contributed by atoms with van der Waals surface area (Å²) in [6.07, 6.45) is 10.3. The SMILES string of the molecule is CCCCCC(CCC)N1[C@@H]2CC[C@H]1C[C@@H](n1c(=O)c(C(=O)NC(C)(C)C3OC3O)nc3ccccc31)C2. The Kier molecular flexibility index (Phi) is 7.94. The van der Waals surface area contributed by atoms with Crippen LogP contribution in [0.1, 0.15) is 108 Å². The van der Waals surface area contributed by atoms with E-state index >= 15 is 0 Å². The number of rotatable bonds is 11. The van der Waals surface area contributed by atoms with Crippen LogP contribution in [0.5, 0.6) is 0 Å². The second-order valence-corrected chi connectivity index (χ2v) is 12.1. The second kappa shape index (κ2) is 11.1. The largest absolute Gasteiger partial charge is 0.366 e. The number of hydrogen-bond donors (Lipinski definition) is 2. The van der Waals surface area contributed by atoms with Crippen molar-refractivity contribution in [2.24, 2.45) is 0 Å². The highest BCUT2D eigenvalue weighted by Gasteiger charge is 2.50. The maximum absolute atomic E-state index is 13.9. The zero-order valence-electron chi connectivity index (χ0n) is 23.4. The third kappa shape index (κ3) is 5.27. The van der Waals surface area contributed by atoms with Gasteiger partial charge in [-0.05, 0) is 64.5 Å². The molecule has 6 atom stereocenters. The highest BCUT2D eigenvalue weighted by atomic mass is 16.7. The van der Waals surface area contributed by atoms with Crippen molar-refractivity contribution in [2.45, 2.75) is 134 Å². The smallest absolute Gasteiger partial charge is 0.282 e. The first-order valence-electron chi connectivity index (χ1n) is 14.7. The van der Waals surface area contributed by atoms with Gasteiger partial charge in [0.15, 0.2) is 12.0 Å². The third-order valence-corrected chi connectivity index (χ3v) is 8.94. The van der Waals surface area contributed by atoms with E-state index in [1.54, 1.807) is 13.8 Å². The number of hydrogen-bond acceptors (Lipinski definition) is 6. The molecule has 1 aromatic carbocycles. The molecule has 4 heterocycles. The number of para-hydroxylation sites is 2. The van der Waals surface area contributed by atoms with E-state index in [0.29, 0.717) is 23.6 Å². The van der Waals surface area contributed by atoms with Crippen LogP contribution in [-0.4, -0.2) is 61.5 Å². The zero-order chi connectivity index (χ0) is 27.0. The molecular formula is C30H44N4O4. The molecular weight excluding hydrogens is 480 g/mol. The molecule has 2 aromatic rings. The fraction of sp³-hybridized carbons (Fsp3) is 0.700. The third-order valence-electron chi connectivity index (χ3n) is 8.94. The number of nitrogens with zero attached hydrogens (tertiary/aromatic N) is 3. The van der Waals surface area contributed by atoms with Crippen LogP contribution in [0, 0.1) is 0 Å². The average molecular weight is 525 g/mol. The van der Waals surface area contributed by atoms with Crippen LogP contribution in [0.4, 0.5) is 0 Å². The predicted octanol–water partition coefficient (Wildman–Crippen LogP) is 4.54. The zero-order valence-corrected chi connectivity index (χ0v) is 23.4. The molecule has 208 valence electrons. The Labute approximate surface area is 225 Å². The highest BCUT2D eigenvalue weighted by molar-refractivity contribution is 5.94. The van der Waals surface area contributed by atoms with Crippen molar-refractivity contribution in [2.75, 3.05) is 0 Å². The number of aliphatic hydroxyl groups excluding tert-OH is 1. The summed E-state index contributed by atoms with van der Waals surface area (Å²) in [6.45, 7) is 8.12. The molecule has 2 bridgehead atoms. The quantitative estimate of drug-likeness (QED) is 0.331. The number of ether oxygens (including phenoxy) is 1. The minimum Gasteiger partial charge on any atom is -0.366 e. The summed E-state index contributed by atoms with van der Waals surface area (Å²) in [6, 6.07) is 9.25. The van der Waals surface area contributed by atoms with Crippen LogP contribution in [0.25, 0.3) is 11.0 Å². The molecule has 3 aliphatic heterocycles. The number of carbonyl (C=O) groups is 1. The van der Waals surface area contributed by atoms with Gasteiger partial charge in [-0.25, -0.2) is 4.98 Å². The van der Waals surface area contributed by atoms with Crippen LogP contribution >= 0.6 is 0 Å². The van der Waals surface area contributed by atoms with E-state index in [9.17, 15) is 14.7 Å². The summed E-state index contributed by atoms with van der Waals surface area (Å²) < 4.78 is 7.04. The fourth-order valence-electron chi connectivity index (χ4n) is 7.12. The summed E-state index contributed by atoms with van der Waals surface area (Å²) in [4.78, 5) is 34.6. The van der Waals surface area contributed by atoms with E-state index in [0.717, 1.165) is 18.4 Å². The molecule has 8 nitrogen and oxygen atoms in total. The lowest BCUT2D eigenvalue weighted by atomic mass is 9.91. The van der Waals surface area contributed by atoms with E-state index in [2.05, 4.69) is 29.0 Å². The molecule has 3 saturated heterocycles. The first kappa shape index (κ1) is 27.3. The average Bonchev–Trinajstić information content (AvgIpc) is 3.58. The first-order chi connectivity index (χ1) is 18.2. The number of aromatic nitrogens is 2. The molecule has 2 N–H and O–H groups in total. The molecule has 3 fully saturated rings. The van der Waals surface area contributed by atoms with Crippen LogP contribution in [0.15, 0.2) is 29.1 Å². The summed E-state index contributed by atoms with van der Waals surface area (Å²) in [7, 11) is 0. The molecule has 8 heteroatoms. The van der Waals surface area contributed by atoms with Crippen molar-refractivity contribution in [3.8, 4) is 0 Å². The number of carbonyl (C=O) groups excluding carboxylic acids is 1. The topological polar surface area (TPSA) is 100.0 Å². The van der Waals surface area contributed by atoms with Gasteiger partial charge in [-0.1, -0.05) is 51.7 Å². The molecule has 0 radical (unpaired) electrons. The van der Waals surface area contributed by atoms with Crippen molar-refractivity contribution in [1.29, 1.82) is 0 Å². The molecule has 3 aliphatic rings. The number of fused-ring (bicyclic) bond motifs is 3. The number of aliphatic hydroxyl groups is 1. The number of amides is 1. The number of benzene rings is 1. The highest BCUT2D eigenvalue weighted by Crippen LogP contribution is 2.43. The number of unbranched alkanes of at least 4 members (excludes halogenated alkanes) is 2. The van der Waals surface area contributed by atoms with Gasteiger partial charge in [0.2, 0.25) is 0 Å². The molecule has 3 unspecified atom stereocenters. The first-order valence-corrected chi connectivity index (χ1v) is 14.7. The molecule has 0 spiro atoms. The number of epoxide rings is 1. The Morgan fingerprint density at radius 2 is 1.79 bits per heavy atom. The molecule has 5 rings (SSSR count). The van der Waals surface area contributed by atoms with Crippen molar-refractivity contribution in [3.63, 3.8) is 0 Å². The van der Waals surface area contributed by atoms with E-state index in [-0.39, 0.29) is 17.3 Å². The van der Waals surface area contributed by atoms with E-state index in [1.807, 2.05) is 28.8 Å². The van der Waals surface area contributed by atoms with Crippen molar-refractivity contribution in [1.82, 2.24) is 19.8 Å². The minimum atomic E-state index is -0.898. The lowest BCUT2D eigenvalue weighted by Gasteiger charge is -2.44. The van der Waals surface area contributed by atoms with Gasteiger partial charge >= 0.3 is 0 Å². The maximum Gasteiger partial charge on any atom is 0.282 e. The fourth-order valence-corrected chi connectivity index (χ4v) is 7.12. The van der Waals surface area contributed by atoms with Crippen molar-refractivity contribution in [3.05, 3.63) is 40.3 Å². The Balaban J connectivity index is 1.44. The summed E-state index contributed by atoms with van der Waals surface area (Å²) >= 11 is 0. The molecule has 1 aromatic heterocycles. The Morgan fingerprint density at radius 3 is 2.42 bits per heavy atom. The minimum absolute atomic E-state index is 0.0372. The van der Waals surface area contributed by atoms with Crippen LogP contribution in [0.2, 0.25) is 0 Å². The summed E-state index contributed by atoms with van der Waals surface area (Å²) in [5.41, 5.74) is 0.193. The number of piperidine rings is 1. The lowest BCUT2D eigenvalue weighted by molar-refractivity contribution is 0.0524. The Bertz CT molecular complexity index is 1200. The van der Waals surface area contributed by atoms with E-state index in [4.69, 9.17) is 4.74 Å². The van der Waals surface area contributed by atoms with Crippen LogP contribution in [-0.2, 0) is 4.74 Å². The second-order valence-electron chi connectivity index (χ2n) is 12.1. The molecule has 0 aliphatic carbocycles. The van der Waals surface area contributed by atoms with Gasteiger partial charge < -0.3 is 19.7 Å². The lowest BCUT2D eigenvalue weighted by Crippen LogP contribution is -2.52. The predicted molar refractivity (Wildman–Crippen MR) is 148 cm³/mol. The Morgan fingerprint density at radius 1 is 1.11 bits per heavy atom. The van der Waals surface area contributed by atoms with Gasteiger partial charge in [0.25, 0.3) is 11.5 Å². The van der Waals surface area contributed by atoms with Gasteiger partial charge in [-0.3, -0.25) is 14.5 Å².